The molecule has 1 unspecified atom stereocenters. The van der Waals surface area contributed by atoms with Crippen LogP contribution in [0.1, 0.15) is 27.2 Å². The molecule has 0 saturated carbocycles. The van der Waals surface area contributed by atoms with Crippen LogP contribution in [0.25, 0.3) is 0 Å². The molecule has 0 N–H and O–H groups in total. The van der Waals surface area contributed by atoms with Crippen molar-refractivity contribution in [2.75, 3.05) is 0 Å². The third kappa shape index (κ3) is 3.07. The highest BCUT2D eigenvalue weighted by molar-refractivity contribution is 5.79. The molecule has 0 rings (SSSR count). The number of ketones is 1. The Kier molecular flexibility index (Phi) is 4.02. The molecule has 1 heteroatoms. The van der Waals surface area contributed by atoms with Crippen LogP contribution in [-0.2, 0) is 4.79 Å². The molecule has 0 radical (unpaired) electrons. The highest BCUT2D eigenvalue weighted by Crippen LogP contribution is 2.04. The van der Waals surface area contributed by atoms with Crippen LogP contribution in [0.4, 0.5) is 0 Å². The lowest BCUT2D eigenvalue weighted by molar-refractivity contribution is -0.119. The van der Waals surface area contributed by atoms with Gasteiger partial charge in [-0.05, 0) is 20.3 Å². The number of allylic oxidation sites excluding steroid dienone is 2. The molecule has 0 aliphatic heterocycles. The molecule has 0 heterocycles. The molecule has 0 spiro atoms. The Morgan fingerprint density at radius 1 is 1.67 bits per heavy atom. The molecule has 1 nitrogen and oxygen atoms in total. The van der Waals surface area contributed by atoms with Crippen LogP contribution in [0.5, 0.6) is 0 Å². The summed E-state index contributed by atoms with van der Waals surface area (Å²) in [5.74, 6) is 0.408. The maximum Gasteiger partial charge on any atom is 0.136 e. The number of hydrogen-bond donors (Lipinski definition) is 0. The van der Waals surface area contributed by atoms with Gasteiger partial charge in [0, 0.05) is 5.92 Å². The largest absolute Gasteiger partial charge is 0.299 e. The quantitative estimate of drug-likeness (QED) is 0.530. The molecule has 0 aliphatic rings. The first kappa shape index (κ1) is 8.41. The van der Waals surface area contributed by atoms with E-state index in [2.05, 4.69) is 0 Å². The van der Waals surface area contributed by atoms with Crippen molar-refractivity contribution in [3.05, 3.63) is 12.2 Å². The third-order valence-corrected chi connectivity index (χ3v) is 1.39. The summed E-state index contributed by atoms with van der Waals surface area (Å²) in [6, 6.07) is 0. The van der Waals surface area contributed by atoms with Crippen molar-refractivity contribution in [1.82, 2.24) is 0 Å². The number of rotatable bonds is 3. The fourth-order valence-corrected chi connectivity index (χ4v) is 0.791. The lowest BCUT2D eigenvalue weighted by atomic mass is 10.0. The Morgan fingerprint density at radius 3 is 2.33 bits per heavy atom. The molecule has 0 fully saturated rings. The molecule has 0 aromatic heterocycles. The van der Waals surface area contributed by atoms with Gasteiger partial charge in [0.05, 0.1) is 0 Å². The van der Waals surface area contributed by atoms with Crippen molar-refractivity contribution in [3.63, 3.8) is 0 Å². The molecular weight excluding hydrogens is 112 g/mol. The Labute approximate surface area is 56.8 Å². The van der Waals surface area contributed by atoms with Gasteiger partial charge in [-0.1, -0.05) is 19.1 Å². The fraction of sp³-hybridized carbons (Fsp3) is 0.625. The third-order valence-electron chi connectivity index (χ3n) is 1.39. The van der Waals surface area contributed by atoms with Gasteiger partial charge in [-0.25, -0.2) is 0 Å². The number of carbonyl (C=O) groups excluding carboxylic acids is 1. The topological polar surface area (TPSA) is 17.1 Å². The average Bonchev–Trinajstić information content (AvgIpc) is 1.82. The molecule has 0 aliphatic carbocycles. The van der Waals surface area contributed by atoms with E-state index in [0.717, 1.165) is 6.42 Å². The first-order valence-electron chi connectivity index (χ1n) is 3.35. The second-order valence-corrected chi connectivity index (χ2v) is 2.15. The highest BCUT2D eigenvalue weighted by Gasteiger charge is 2.04. The van der Waals surface area contributed by atoms with E-state index in [9.17, 15) is 4.79 Å². The first-order valence-corrected chi connectivity index (χ1v) is 3.35. The molecule has 0 amide bonds. The van der Waals surface area contributed by atoms with Crippen LogP contribution in [0.15, 0.2) is 12.2 Å². The monoisotopic (exact) mass is 126 g/mol. The van der Waals surface area contributed by atoms with Gasteiger partial charge >= 0.3 is 0 Å². The van der Waals surface area contributed by atoms with Crippen LogP contribution in [-0.4, -0.2) is 5.78 Å². The van der Waals surface area contributed by atoms with Crippen LogP contribution >= 0.6 is 0 Å². The van der Waals surface area contributed by atoms with Gasteiger partial charge in [0.25, 0.3) is 0 Å². The Balaban J connectivity index is 3.83. The minimum absolute atomic E-state index is 0.148. The summed E-state index contributed by atoms with van der Waals surface area (Å²) < 4.78 is 0. The summed E-state index contributed by atoms with van der Waals surface area (Å²) >= 11 is 0. The van der Waals surface area contributed by atoms with Crippen LogP contribution in [0.2, 0.25) is 0 Å². The van der Waals surface area contributed by atoms with Gasteiger partial charge < -0.3 is 0 Å². The van der Waals surface area contributed by atoms with E-state index in [1.165, 1.54) is 0 Å². The zero-order valence-electron chi connectivity index (χ0n) is 6.35. The molecule has 0 saturated heterocycles. The minimum atomic E-state index is 0.148. The minimum Gasteiger partial charge on any atom is -0.299 e. The van der Waals surface area contributed by atoms with Crippen LogP contribution in [0.3, 0.4) is 0 Å². The molecule has 0 bridgehead atoms. The fourth-order valence-electron chi connectivity index (χ4n) is 0.791. The van der Waals surface area contributed by atoms with Crippen molar-refractivity contribution < 1.29 is 4.79 Å². The van der Waals surface area contributed by atoms with Gasteiger partial charge in [0.1, 0.15) is 5.78 Å². The van der Waals surface area contributed by atoms with Gasteiger partial charge in [-0.3, -0.25) is 4.79 Å². The summed E-state index contributed by atoms with van der Waals surface area (Å²) in [5, 5.41) is 0. The van der Waals surface area contributed by atoms with Crippen LogP contribution in [0, 0.1) is 5.92 Å². The molecular formula is C8H14O. The lowest BCUT2D eigenvalue weighted by Gasteiger charge is -2.01. The Bertz CT molecular complexity index is 114. The van der Waals surface area contributed by atoms with E-state index >= 15 is 0 Å². The average molecular weight is 126 g/mol. The van der Waals surface area contributed by atoms with Crippen molar-refractivity contribution >= 4 is 5.78 Å². The summed E-state index contributed by atoms with van der Waals surface area (Å²) in [6.45, 7) is 5.59. The van der Waals surface area contributed by atoms with Crippen molar-refractivity contribution in [1.29, 1.82) is 0 Å². The Hall–Kier alpha value is -0.590. The normalized spacial score (nSPS) is 14.1. The van der Waals surface area contributed by atoms with E-state index in [0.29, 0.717) is 0 Å². The highest BCUT2D eigenvalue weighted by atomic mass is 16.1. The van der Waals surface area contributed by atoms with E-state index in [4.69, 9.17) is 0 Å². The van der Waals surface area contributed by atoms with Gasteiger partial charge in [-0.15, -0.1) is 0 Å². The maximum absolute atomic E-state index is 10.7. The second kappa shape index (κ2) is 4.30. The summed E-state index contributed by atoms with van der Waals surface area (Å²) in [6.07, 6.45) is 4.79. The zero-order valence-corrected chi connectivity index (χ0v) is 6.35. The number of hydrogen-bond acceptors (Lipinski definition) is 1. The number of Topliss-reactive ketones (excluding diaryl/α,β-unsaturated/α-hetero) is 1. The predicted octanol–water partition coefficient (Wildman–Crippen LogP) is 2.18. The smallest absolute Gasteiger partial charge is 0.136 e. The second-order valence-electron chi connectivity index (χ2n) is 2.15. The number of carbonyl (C=O) groups is 1. The molecule has 9 heavy (non-hydrogen) atoms. The van der Waals surface area contributed by atoms with Gasteiger partial charge in [0.2, 0.25) is 0 Å². The summed E-state index contributed by atoms with van der Waals surface area (Å²) in [4.78, 5) is 10.7. The first-order chi connectivity index (χ1) is 4.22. The molecule has 0 aromatic rings. The molecule has 0 aromatic carbocycles. The van der Waals surface area contributed by atoms with Crippen molar-refractivity contribution in [2.24, 2.45) is 5.92 Å². The summed E-state index contributed by atoms with van der Waals surface area (Å²) in [7, 11) is 0. The SMILES string of the molecule is C/C=C/C(CC)C(C)=O. The van der Waals surface area contributed by atoms with E-state index < -0.39 is 0 Å². The van der Waals surface area contributed by atoms with E-state index in [-0.39, 0.29) is 11.7 Å². The van der Waals surface area contributed by atoms with E-state index in [1.54, 1.807) is 6.92 Å². The predicted molar refractivity (Wildman–Crippen MR) is 39.3 cm³/mol. The molecule has 52 valence electrons. The van der Waals surface area contributed by atoms with Crippen LogP contribution < -0.4 is 0 Å². The Morgan fingerprint density at radius 2 is 2.22 bits per heavy atom. The van der Waals surface area contributed by atoms with Gasteiger partial charge in [-0.2, -0.15) is 0 Å². The van der Waals surface area contributed by atoms with Gasteiger partial charge in [0.15, 0.2) is 0 Å². The zero-order chi connectivity index (χ0) is 7.28. The molecule has 1 atom stereocenters. The standard InChI is InChI=1S/C8H14O/c1-4-6-8(5-2)7(3)9/h4,6,8H,5H2,1-3H3/b6-4+. The lowest BCUT2D eigenvalue weighted by Crippen LogP contribution is -2.05. The summed E-state index contributed by atoms with van der Waals surface area (Å²) in [5.41, 5.74) is 0. The van der Waals surface area contributed by atoms with E-state index in [1.807, 2.05) is 26.0 Å². The maximum atomic E-state index is 10.7. The van der Waals surface area contributed by atoms with Crippen molar-refractivity contribution in [2.45, 2.75) is 27.2 Å². The van der Waals surface area contributed by atoms with Crippen molar-refractivity contribution in [3.8, 4) is 0 Å².